The van der Waals surface area contributed by atoms with Crippen LogP contribution in [0.1, 0.15) is 46.5 Å². The van der Waals surface area contributed by atoms with Crippen molar-refractivity contribution >= 4 is 13.2 Å². The van der Waals surface area contributed by atoms with E-state index >= 15 is 0 Å². The Hall–Kier alpha value is -0.725. The van der Waals surface area contributed by atoms with Crippen LogP contribution in [-0.2, 0) is 4.79 Å². The molecule has 1 saturated heterocycles. The van der Waals surface area contributed by atoms with Crippen LogP contribution in [0.2, 0.25) is 11.1 Å². The van der Waals surface area contributed by atoms with Crippen LogP contribution in [0.5, 0.6) is 0 Å². The molecule has 0 atom stereocenters. The van der Waals surface area contributed by atoms with Gasteiger partial charge in [0.05, 0.1) is 0 Å². The highest BCUT2D eigenvalue weighted by Crippen LogP contribution is 2.39. The number of nitrogens with zero attached hydrogens (tertiary/aromatic N) is 1. The fraction of sp³-hybridized carbons (Fsp3) is 0.786. The summed E-state index contributed by atoms with van der Waals surface area (Å²) in [6.07, 6.45) is 6.00. The summed E-state index contributed by atoms with van der Waals surface area (Å²) in [5.41, 5.74) is 0. The van der Waals surface area contributed by atoms with Gasteiger partial charge in [-0.15, -0.1) is 0 Å². The Morgan fingerprint density at radius 3 is 2.29 bits per heavy atom. The van der Waals surface area contributed by atoms with E-state index in [0.29, 0.717) is 11.1 Å². The van der Waals surface area contributed by atoms with Crippen LogP contribution in [-0.4, -0.2) is 31.2 Å². The molecule has 2 nitrogen and oxygen atoms in total. The van der Waals surface area contributed by atoms with E-state index in [1.54, 1.807) is 0 Å². The third kappa shape index (κ3) is 4.57. The van der Waals surface area contributed by atoms with Gasteiger partial charge in [0, 0.05) is 13.1 Å². The molecular formula is C14H25BNO. The molecule has 0 N–H and O–H groups in total. The van der Waals surface area contributed by atoms with Gasteiger partial charge in [-0.25, -0.2) is 0 Å². The fourth-order valence-corrected chi connectivity index (χ4v) is 2.91. The van der Waals surface area contributed by atoms with Gasteiger partial charge in [-0.05, 0) is 18.9 Å². The van der Waals surface area contributed by atoms with Gasteiger partial charge in [-0.2, -0.15) is 0 Å². The van der Waals surface area contributed by atoms with E-state index in [2.05, 4.69) is 34.6 Å². The van der Waals surface area contributed by atoms with Gasteiger partial charge in [-0.1, -0.05) is 51.3 Å². The van der Waals surface area contributed by atoms with Crippen molar-refractivity contribution in [2.45, 2.75) is 57.6 Å². The summed E-state index contributed by atoms with van der Waals surface area (Å²) in [6, 6.07) is 0. The lowest BCUT2D eigenvalue weighted by molar-refractivity contribution is -0.126. The van der Waals surface area contributed by atoms with Crippen LogP contribution in [0.25, 0.3) is 0 Å². The zero-order valence-corrected chi connectivity index (χ0v) is 11.5. The summed E-state index contributed by atoms with van der Waals surface area (Å²) in [4.78, 5) is 13.5. The lowest BCUT2D eigenvalue weighted by Crippen LogP contribution is -2.35. The lowest BCUT2D eigenvalue weighted by Gasteiger charge is -2.35. The molecule has 0 aliphatic carbocycles. The molecule has 0 unspecified atom stereocenters. The van der Waals surface area contributed by atoms with Crippen molar-refractivity contribution in [2.24, 2.45) is 0 Å². The average Bonchev–Trinajstić information content (AvgIpc) is 2.22. The molecule has 0 saturated carbocycles. The first kappa shape index (κ1) is 14.3. The maximum atomic E-state index is 11.6. The van der Waals surface area contributed by atoms with E-state index in [-0.39, 0.29) is 5.91 Å². The van der Waals surface area contributed by atoms with Crippen LogP contribution in [0.15, 0.2) is 12.7 Å². The van der Waals surface area contributed by atoms with Crippen molar-refractivity contribution in [1.29, 1.82) is 0 Å². The second-order valence-corrected chi connectivity index (χ2v) is 5.80. The summed E-state index contributed by atoms with van der Waals surface area (Å²) in [5, 5.41) is 0.359. The summed E-state index contributed by atoms with van der Waals surface area (Å²) in [7, 11) is 2.48. The van der Waals surface area contributed by atoms with Crippen LogP contribution in [0.3, 0.4) is 0 Å². The molecule has 0 aromatic heterocycles. The van der Waals surface area contributed by atoms with Crippen molar-refractivity contribution in [1.82, 2.24) is 4.90 Å². The van der Waals surface area contributed by atoms with Gasteiger partial charge < -0.3 is 4.90 Å². The Bertz CT molecular complexity index is 265. The molecule has 95 valence electrons. The molecule has 17 heavy (non-hydrogen) atoms. The normalized spacial score (nSPS) is 20.6. The van der Waals surface area contributed by atoms with E-state index in [1.165, 1.54) is 18.9 Å². The molecule has 1 aliphatic rings. The van der Waals surface area contributed by atoms with E-state index in [4.69, 9.17) is 0 Å². The lowest BCUT2D eigenvalue weighted by atomic mass is 9.44. The monoisotopic (exact) mass is 234 g/mol. The molecule has 1 aliphatic heterocycles. The number of rotatable bonds is 3. The SMILES string of the molecule is C=CC(=O)N1CCCC(C)([B]C(C)C)CCC1. The predicted octanol–water partition coefficient (Wildman–Crippen LogP) is 3.29. The van der Waals surface area contributed by atoms with E-state index in [0.717, 1.165) is 25.9 Å². The molecule has 1 fully saturated rings. The van der Waals surface area contributed by atoms with Crippen molar-refractivity contribution in [3.8, 4) is 0 Å². The Kier molecular flexibility index (Phi) is 5.29. The van der Waals surface area contributed by atoms with Crippen molar-refractivity contribution in [2.75, 3.05) is 13.1 Å². The molecule has 1 amide bonds. The molecule has 0 aromatic carbocycles. The van der Waals surface area contributed by atoms with Gasteiger partial charge in [0.2, 0.25) is 5.91 Å². The number of amides is 1. The molecule has 3 heteroatoms. The quantitative estimate of drug-likeness (QED) is 0.542. The maximum absolute atomic E-state index is 11.6. The Morgan fingerprint density at radius 1 is 1.35 bits per heavy atom. The van der Waals surface area contributed by atoms with Crippen molar-refractivity contribution in [3.63, 3.8) is 0 Å². The molecule has 0 aromatic rings. The van der Waals surface area contributed by atoms with Crippen LogP contribution >= 0.6 is 0 Å². The first-order chi connectivity index (χ1) is 7.97. The Morgan fingerprint density at radius 2 is 1.88 bits per heavy atom. The number of carbonyl (C=O) groups is 1. The highest BCUT2D eigenvalue weighted by molar-refractivity contribution is 6.41. The minimum Gasteiger partial charge on any atom is -0.339 e. The highest BCUT2D eigenvalue weighted by atomic mass is 16.2. The largest absolute Gasteiger partial charge is 0.339 e. The van der Waals surface area contributed by atoms with E-state index in [9.17, 15) is 4.79 Å². The van der Waals surface area contributed by atoms with Gasteiger partial charge in [0.25, 0.3) is 0 Å². The first-order valence-electron chi connectivity index (χ1n) is 6.74. The average molecular weight is 234 g/mol. The Balaban J connectivity index is 2.51. The molecule has 0 bridgehead atoms. The second-order valence-electron chi connectivity index (χ2n) is 5.80. The van der Waals surface area contributed by atoms with Crippen LogP contribution < -0.4 is 0 Å². The summed E-state index contributed by atoms with van der Waals surface area (Å²) >= 11 is 0. The molecule has 1 heterocycles. The van der Waals surface area contributed by atoms with E-state index < -0.39 is 0 Å². The molecule has 1 radical (unpaired) electrons. The van der Waals surface area contributed by atoms with Gasteiger partial charge in [0.1, 0.15) is 7.28 Å². The number of hydrogen-bond acceptors (Lipinski definition) is 1. The smallest absolute Gasteiger partial charge is 0.245 e. The number of hydrogen-bond donors (Lipinski definition) is 0. The molecular weight excluding hydrogens is 209 g/mol. The minimum absolute atomic E-state index is 0.0847. The number of carbonyl (C=O) groups excluding carboxylic acids is 1. The zero-order valence-electron chi connectivity index (χ0n) is 11.5. The third-order valence-electron chi connectivity index (χ3n) is 3.57. The van der Waals surface area contributed by atoms with Gasteiger partial charge in [0.15, 0.2) is 0 Å². The molecule has 0 spiro atoms. The van der Waals surface area contributed by atoms with Gasteiger partial charge >= 0.3 is 0 Å². The Labute approximate surface area is 107 Å². The summed E-state index contributed by atoms with van der Waals surface area (Å²) in [5.74, 6) is 0.728. The first-order valence-corrected chi connectivity index (χ1v) is 6.74. The van der Waals surface area contributed by atoms with Crippen molar-refractivity contribution in [3.05, 3.63) is 12.7 Å². The topological polar surface area (TPSA) is 20.3 Å². The van der Waals surface area contributed by atoms with Crippen molar-refractivity contribution < 1.29 is 4.79 Å². The zero-order chi connectivity index (χ0) is 12.9. The number of likely N-dealkylation sites (tertiary alicyclic amines) is 1. The minimum atomic E-state index is 0.0847. The van der Waals surface area contributed by atoms with Crippen LogP contribution in [0.4, 0.5) is 0 Å². The summed E-state index contributed by atoms with van der Waals surface area (Å²) in [6.45, 7) is 12.2. The highest BCUT2D eigenvalue weighted by Gasteiger charge is 2.28. The standard InChI is InChI=1S/C14H25BNO/c1-5-13(17)16-10-6-8-14(4,9-7-11-16)15-12(2)3/h5,12H,1,6-11H2,2-4H3. The maximum Gasteiger partial charge on any atom is 0.245 e. The van der Waals surface area contributed by atoms with Gasteiger partial charge in [-0.3, -0.25) is 4.79 Å². The van der Waals surface area contributed by atoms with E-state index in [1.807, 2.05) is 4.90 Å². The second kappa shape index (κ2) is 6.27. The predicted molar refractivity (Wildman–Crippen MR) is 74.5 cm³/mol. The summed E-state index contributed by atoms with van der Waals surface area (Å²) < 4.78 is 0. The fourth-order valence-electron chi connectivity index (χ4n) is 2.91. The third-order valence-corrected chi connectivity index (χ3v) is 3.57. The molecule has 1 rings (SSSR count). The van der Waals surface area contributed by atoms with Crippen LogP contribution in [0, 0.1) is 0 Å².